The fraction of sp³-hybridized carbons (Fsp3) is 0.280. The van der Waals surface area contributed by atoms with Crippen LogP contribution in [0.5, 0.6) is 0 Å². The molecule has 2 fully saturated rings. The first-order valence-electron chi connectivity index (χ1n) is 11.4. The molecule has 4 heterocycles. The monoisotopic (exact) mass is 472 g/mol. The van der Waals surface area contributed by atoms with Gasteiger partial charge in [-0.2, -0.15) is 0 Å². The molecule has 0 bridgehead atoms. The fourth-order valence-electron chi connectivity index (χ4n) is 4.09. The molecule has 1 aliphatic carbocycles. The number of thiophene rings is 1. The third kappa shape index (κ3) is 4.25. The molecule has 34 heavy (non-hydrogen) atoms. The lowest BCUT2D eigenvalue weighted by atomic mass is 10.0. The van der Waals surface area contributed by atoms with Crippen LogP contribution in [0.25, 0.3) is 21.3 Å². The number of aromatic nitrogens is 3. The van der Waals surface area contributed by atoms with Crippen molar-refractivity contribution in [1.82, 2.24) is 25.6 Å². The number of carbonyl (C=O) groups is 1. The summed E-state index contributed by atoms with van der Waals surface area (Å²) in [6, 6.07) is 11.9. The molecule has 1 atom stereocenters. The summed E-state index contributed by atoms with van der Waals surface area (Å²) < 4.78 is 7.04. The van der Waals surface area contributed by atoms with Crippen molar-refractivity contribution in [2.75, 3.05) is 24.6 Å². The molecule has 1 saturated heterocycles. The van der Waals surface area contributed by atoms with Gasteiger partial charge in [0, 0.05) is 41.8 Å². The molecule has 0 radical (unpaired) electrons. The summed E-state index contributed by atoms with van der Waals surface area (Å²) in [4.78, 5) is 28.5. The number of pyridine rings is 1. The summed E-state index contributed by atoms with van der Waals surface area (Å²) in [5.74, 6) is 0.528. The van der Waals surface area contributed by atoms with E-state index in [4.69, 9.17) is 9.72 Å². The van der Waals surface area contributed by atoms with Crippen LogP contribution >= 0.6 is 11.3 Å². The van der Waals surface area contributed by atoms with Crippen molar-refractivity contribution >= 4 is 39.1 Å². The number of amides is 1. The Hall–Kier alpha value is -3.40. The predicted molar refractivity (Wildman–Crippen MR) is 132 cm³/mol. The Morgan fingerprint density at radius 3 is 2.94 bits per heavy atom. The molecule has 1 amide bonds. The second-order valence-electron chi connectivity index (χ2n) is 8.47. The van der Waals surface area contributed by atoms with Crippen molar-refractivity contribution < 1.29 is 9.53 Å². The van der Waals surface area contributed by atoms with Crippen LogP contribution in [0.1, 0.15) is 23.2 Å². The molecular weight excluding hydrogens is 448 g/mol. The number of anilines is 2. The number of hydrogen-bond donors (Lipinski definition) is 2. The van der Waals surface area contributed by atoms with Crippen LogP contribution in [-0.2, 0) is 4.74 Å². The minimum Gasteiger partial charge on any atom is -0.355 e. The van der Waals surface area contributed by atoms with E-state index in [-0.39, 0.29) is 12.1 Å². The average Bonchev–Trinajstić information content (AvgIpc) is 3.61. The highest BCUT2D eigenvalue weighted by molar-refractivity contribution is 7.17. The first-order chi connectivity index (χ1) is 16.8. The zero-order valence-electron chi connectivity index (χ0n) is 18.5. The lowest BCUT2D eigenvalue weighted by molar-refractivity contribution is 0.0324. The fourth-order valence-corrected chi connectivity index (χ4v) is 4.96. The van der Waals surface area contributed by atoms with Gasteiger partial charge in [0.15, 0.2) is 0 Å². The molecule has 2 aliphatic rings. The SMILES string of the molecule is O=C(NC1CC1)c1cccc(-c2csc3cnc(N(c4cccnc4)C4CNCCO4)nc23)c1. The largest absolute Gasteiger partial charge is 0.355 e. The normalized spacial score (nSPS) is 18.1. The quantitative estimate of drug-likeness (QED) is 0.442. The lowest BCUT2D eigenvalue weighted by Crippen LogP contribution is -2.48. The summed E-state index contributed by atoms with van der Waals surface area (Å²) in [6.45, 7) is 2.09. The lowest BCUT2D eigenvalue weighted by Gasteiger charge is -2.34. The first-order valence-corrected chi connectivity index (χ1v) is 12.3. The standard InChI is InChI=1S/C25H24N6O2S/c32-24(29-18-6-7-18)17-4-1-3-16(11-17)20-15-34-21-13-28-25(30-23(20)21)31(19-5-2-8-26-12-19)22-14-27-9-10-33-22/h1-5,8,11-13,15,18,22,27H,6-7,9-10,14H2,(H,29,32). The maximum atomic E-state index is 12.6. The van der Waals surface area contributed by atoms with E-state index in [0.29, 0.717) is 30.7 Å². The smallest absolute Gasteiger partial charge is 0.251 e. The Bertz CT molecular complexity index is 1320. The van der Waals surface area contributed by atoms with Crippen molar-refractivity contribution in [3.8, 4) is 11.1 Å². The van der Waals surface area contributed by atoms with E-state index in [1.165, 1.54) is 0 Å². The Morgan fingerprint density at radius 2 is 2.15 bits per heavy atom. The minimum atomic E-state index is -0.244. The van der Waals surface area contributed by atoms with Gasteiger partial charge >= 0.3 is 0 Å². The van der Waals surface area contributed by atoms with E-state index in [9.17, 15) is 4.79 Å². The zero-order valence-corrected chi connectivity index (χ0v) is 19.3. The maximum Gasteiger partial charge on any atom is 0.251 e. The number of hydrogen-bond acceptors (Lipinski definition) is 8. The van der Waals surface area contributed by atoms with E-state index < -0.39 is 0 Å². The molecular formula is C25H24N6O2S. The summed E-state index contributed by atoms with van der Waals surface area (Å²) in [5.41, 5.74) is 4.33. The molecule has 6 rings (SSSR count). The number of fused-ring (bicyclic) bond motifs is 1. The molecule has 4 aromatic rings. The molecule has 1 aromatic carbocycles. The third-order valence-corrected chi connectivity index (χ3v) is 6.89. The van der Waals surface area contributed by atoms with Crippen LogP contribution in [0, 0.1) is 0 Å². The molecule has 8 nitrogen and oxygen atoms in total. The van der Waals surface area contributed by atoms with E-state index >= 15 is 0 Å². The van der Waals surface area contributed by atoms with E-state index in [2.05, 4.69) is 26.0 Å². The maximum absolute atomic E-state index is 12.6. The van der Waals surface area contributed by atoms with Crippen molar-refractivity contribution in [3.63, 3.8) is 0 Å². The summed E-state index contributed by atoms with van der Waals surface area (Å²) in [7, 11) is 0. The van der Waals surface area contributed by atoms with Crippen LogP contribution in [0.3, 0.4) is 0 Å². The van der Waals surface area contributed by atoms with Crippen LogP contribution in [-0.4, -0.2) is 52.8 Å². The van der Waals surface area contributed by atoms with Gasteiger partial charge in [-0.05, 0) is 42.7 Å². The van der Waals surface area contributed by atoms with Crippen LogP contribution in [0.4, 0.5) is 11.6 Å². The van der Waals surface area contributed by atoms with Gasteiger partial charge in [0.05, 0.1) is 34.9 Å². The Morgan fingerprint density at radius 1 is 1.21 bits per heavy atom. The number of nitrogens with one attached hydrogen (secondary N) is 2. The Kier molecular flexibility index (Phi) is 5.66. The summed E-state index contributed by atoms with van der Waals surface area (Å²) in [6.07, 6.45) is 7.28. The van der Waals surface area contributed by atoms with Crippen molar-refractivity contribution in [2.24, 2.45) is 0 Å². The number of ether oxygens (including phenoxy) is 1. The number of benzene rings is 1. The highest BCUT2D eigenvalue weighted by Gasteiger charge is 2.27. The molecule has 172 valence electrons. The molecule has 1 unspecified atom stereocenters. The van der Waals surface area contributed by atoms with Crippen LogP contribution in [0.15, 0.2) is 60.4 Å². The summed E-state index contributed by atoms with van der Waals surface area (Å²) >= 11 is 1.60. The summed E-state index contributed by atoms with van der Waals surface area (Å²) in [5, 5.41) is 8.52. The van der Waals surface area contributed by atoms with Crippen molar-refractivity contribution in [1.29, 1.82) is 0 Å². The minimum absolute atomic E-state index is 0.0242. The Balaban J connectivity index is 1.39. The second-order valence-corrected chi connectivity index (χ2v) is 9.38. The molecule has 2 N–H and O–H groups in total. The highest BCUT2D eigenvalue weighted by Crippen LogP contribution is 2.35. The van der Waals surface area contributed by atoms with Crippen molar-refractivity contribution in [3.05, 3.63) is 65.9 Å². The van der Waals surface area contributed by atoms with E-state index in [1.54, 1.807) is 23.7 Å². The van der Waals surface area contributed by atoms with Gasteiger partial charge < -0.3 is 15.4 Å². The van der Waals surface area contributed by atoms with Crippen molar-refractivity contribution in [2.45, 2.75) is 25.1 Å². The predicted octanol–water partition coefficient (Wildman–Crippen LogP) is 3.73. The van der Waals surface area contributed by atoms with Gasteiger partial charge in [-0.1, -0.05) is 12.1 Å². The van der Waals surface area contributed by atoms with Gasteiger partial charge in [-0.15, -0.1) is 11.3 Å². The Labute approximate surface area is 201 Å². The number of nitrogens with zero attached hydrogens (tertiary/aromatic N) is 4. The van der Waals surface area contributed by atoms with E-state index in [0.717, 1.165) is 46.4 Å². The average molecular weight is 473 g/mol. The highest BCUT2D eigenvalue weighted by atomic mass is 32.1. The molecule has 0 spiro atoms. The molecule has 1 saturated carbocycles. The van der Waals surface area contributed by atoms with Gasteiger partial charge in [-0.25, -0.2) is 9.97 Å². The van der Waals surface area contributed by atoms with Gasteiger partial charge in [-0.3, -0.25) is 14.7 Å². The third-order valence-electron chi connectivity index (χ3n) is 5.99. The number of rotatable bonds is 6. The molecule has 3 aromatic heterocycles. The topological polar surface area (TPSA) is 92.3 Å². The number of carbonyl (C=O) groups excluding carboxylic acids is 1. The van der Waals surface area contributed by atoms with Crippen LogP contribution < -0.4 is 15.5 Å². The zero-order chi connectivity index (χ0) is 22.9. The van der Waals surface area contributed by atoms with Gasteiger partial charge in [0.2, 0.25) is 5.95 Å². The van der Waals surface area contributed by atoms with Gasteiger partial charge in [0.1, 0.15) is 6.23 Å². The van der Waals surface area contributed by atoms with E-state index in [1.807, 2.05) is 47.5 Å². The first kappa shape index (κ1) is 21.2. The van der Waals surface area contributed by atoms with Gasteiger partial charge in [0.25, 0.3) is 5.91 Å². The van der Waals surface area contributed by atoms with Crippen LogP contribution in [0.2, 0.25) is 0 Å². The number of morpholine rings is 1. The second kappa shape index (κ2) is 9.09. The molecule has 1 aliphatic heterocycles. The molecule has 9 heteroatoms.